The molecule has 0 aliphatic carbocycles. The molecular formula is C71H87N15O3S3. The molecule has 0 bridgehead atoms. The summed E-state index contributed by atoms with van der Waals surface area (Å²) in [4.78, 5) is 49.4. The van der Waals surface area contributed by atoms with Gasteiger partial charge >= 0.3 is 0 Å². The maximum absolute atomic E-state index is 4.83. The Kier molecular flexibility index (Phi) is 47.6. The molecule has 92 heavy (non-hydrogen) atoms. The van der Waals surface area contributed by atoms with Crippen molar-refractivity contribution >= 4 is 34.2 Å². The van der Waals surface area contributed by atoms with Gasteiger partial charge in [-0.15, -0.1) is 22.7 Å². The van der Waals surface area contributed by atoms with Crippen LogP contribution in [0.4, 0.5) is 0 Å². The minimum Gasteiger partial charge on any atom is -0.470 e. The van der Waals surface area contributed by atoms with Gasteiger partial charge in [-0.3, -0.25) is 19.9 Å². The van der Waals surface area contributed by atoms with Gasteiger partial charge in [0.15, 0.2) is 6.39 Å². The molecule has 482 valence electrons. The van der Waals surface area contributed by atoms with Gasteiger partial charge in [0.2, 0.25) is 0 Å². The molecule has 14 rings (SSSR count). The van der Waals surface area contributed by atoms with Crippen LogP contribution in [0.15, 0.2) is 270 Å². The average molecular weight is 1290 g/mol. The van der Waals surface area contributed by atoms with Gasteiger partial charge in [-0.25, -0.2) is 44.2 Å². The van der Waals surface area contributed by atoms with Crippen molar-refractivity contribution in [2.45, 2.75) is 96.9 Å². The number of aryl methyl sites for hydroxylation is 15. The van der Waals surface area contributed by atoms with Gasteiger partial charge < -0.3 is 17.9 Å². The van der Waals surface area contributed by atoms with Crippen molar-refractivity contribution in [1.82, 2.24) is 73.9 Å². The number of thiazole rings is 1. The van der Waals surface area contributed by atoms with E-state index in [2.05, 4.69) is 135 Å². The molecule has 0 aliphatic rings. The van der Waals surface area contributed by atoms with E-state index in [1.54, 1.807) is 97.0 Å². The van der Waals surface area contributed by atoms with Crippen molar-refractivity contribution < 1.29 is 13.4 Å². The number of nitrogens with zero attached hydrogens (tertiary/aromatic N) is 15. The summed E-state index contributed by atoms with van der Waals surface area (Å²) in [5, 5.41) is 5.53. The number of pyridine rings is 3. The summed E-state index contributed by atoms with van der Waals surface area (Å²) in [6, 6.07) is 41.7. The lowest BCUT2D eigenvalue weighted by atomic mass is 10.2. The number of hydrogen-bond acceptors (Lipinski definition) is 20. The number of aromatic nitrogens is 15. The van der Waals surface area contributed by atoms with Crippen molar-refractivity contribution in [2.75, 3.05) is 0 Å². The Hall–Kier alpha value is -10.2. The van der Waals surface area contributed by atoms with E-state index in [9.17, 15) is 0 Å². The molecule has 0 N–H and O–H groups in total. The van der Waals surface area contributed by atoms with Crippen molar-refractivity contribution in [3.63, 3.8) is 0 Å². The first-order valence-electron chi connectivity index (χ1n) is 28.6. The predicted octanol–water partition coefficient (Wildman–Crippen LogP) is 17.8. The first-order chi connectivity index (χ1) is 44.4. The molecule has 0 fully saturated rings. The highest BCUT2D eigenvalue weighted by molar-refractivity contribution is 7.10. The molecule has 13 heterocycles. The molecule has 0 atom stereocenters. The quantitative estimate of drug-likeness (QED) is 0.138. The topological polar surface area (TPSA) is 225 Å². The van der Waals surface area contributed by atoms with Gasteiger partial charge in [0, 0.05) is 113 Å². The van der Waals surface area contributed by atoms with Crippen LogP contribution in [0.2, 0.25) is 0 Å². The standard InChI is InChI=1S/C7H8.C6H9N.3C6H7N.2C5H6N2.C5H6O.C5H6S.C4H5N3.2C4H5NO.2C4H5NS/c1-7-5-3-2-4-6-7;1-6-4-3-5-7(6)2;1-6-2-4-7-5-3-6;1-6-3-2-4-7-5-6;1-6-4-2-3-5-7-6;1-5-2-6-4-7-3-5;1-5-2-3-6-4-7-5;2*1-5-3-2-4-6-5;1-4-6-2-5-3-7-4;1-4-2-5-3-6-4;1-4-2-3-5-6-4;1-4-2-5-3-6-4;1-4-2-3-5-6-4/h2-6H,1H3;3-5H,1-2H3;3*2-5H,1H3;2*2-4H,1H3;2*2-4H,1H3;2-3H,1H3;4*2-3H,1H3. The fourth-order valence-corrected chi connectivity index (χ4v) is 6.62. The van der Waals surface area contributed by atoms with Crippen LogP contribution in [0.1, 0.15) is 77.1 Å². The second kappa shape index (κ2) is 54.9. The zero-order valence-electron chi connectivity index (χ0n) is 55.4. The van der Waals surface area contributed by atoms with Gasteiger partial charge in [0.1, 0.15) is 48.4 Å². The zero-order valence-corrected chi connectivity index (χ0v) is 57.9. The van der Waals surface area contributed by atoms with Crippen LogP contribution in [-0.4, -0.2) is 73.9 Å². The van der Waals surface area contributed by atoms with Gasteiger partial charge in [-0.2, -0.15) is 0 Å². The summed E-state index contributed by atoms with van der Waals surface area (Å²) >= 11 is 4.97. The van der Waals surface area contributed by atoms with Crippen molar-refractivity contribution in [3.05, 3.63) is 334 Å². The Bertz CT molecular complexity index is 3020. The monoisotopic (exact) mass is 1290 g/mol. The third kappa shape index (κ3) is 51.8. The lowest BCUT2D eigenvalue weighted by molar-refractivity contribution is 0.397. The second-order valence-electron chi connectivity index (χ2n) is 18.8. The van der Waals surface area contributed by atoms with E-state index in [0.29, 0.717) is 0 Å². The molecule has 0 saturated carbocycles. The van der Waals surface area contributed by atoms with Crippen LogP contribution in [0.3, 0.4) is 0 Å². The molecule has 0 aliphatic heterocycles. The first kappa shape index (κ1) is 79.8. The third-order valence-corrected chi connectivity index (χ3v) is 12.4. The Labute approximate surface area is 556 Å². The molecule has 0 radical (unpaired) electrons. The van der Waals surface area contributed by atoms with E-state index in [1.165, 1.54) is 80.3 Å². The van der Waals surface area contributed by atoms with Crippen molar-refractivity contribution in [2.24, 2.45) is 7.05 Å². The van der Waals surface area contributed by atoms with Crippen LogP contribution in [-0.2, 0) is 7.05 Å². The number of thiophene rings is 1. The van der Waals surface area contributed by atoms with Gasteiger partial charge in [0.25, 0.3) is 0 Å². The minimum atomic E-state index is 0.759. The predicted molar refractivity (Wildman–Crippen MR) is 375 cm³/mol. The Morgan fingerprint density at radius 1 is 0.370 bits per heavy atom. The van der Waals surface area contributed by atoms with E-state index in [-0.39, 0.29) is 0 Å². The molecule has 13 aromatic heterocycles. The highest BCUT2D eigenvalue weighted by Crippen LogP contribution is 2.04. The van der Waals surface area contributed by atoms with Crippen LogP contribution in [0.25, 0.3) is 0 Å². The van der Waals surface area contributed by atoms with Gasteiger partial charge in [-0.05, 0) is 203 Å². The van der Waals surface area contributed by atoms with Crippen molar-refractivity contribution in [1.29, 1.82) is 0 Å². The number of furan rings is 1. The number of oxazole rings is 1. The van der Waals surface area contributed by atoms with Crippen molar-refractivity contribution in [3.8, 4) is 0 Å². The SMILES string of the molecule is Cc1ccccc1.Cc1ccccn1.Cc1cccn1C.Cc1cccnc1.Cc1ccco1.Cc1cccs1.Cc1ccncc1.Cc1ccncn1.Cc1ccno1.Cc1ccns1.Cc1cncnc1.Cc1cnco1.Cc1cncs1.Cc1ncncn1. The summed E-state index contributed by atoms with van der Waals surface area (Å²) in [7, 11) is 2.04. The van der Waals surface area contributed by atoms with Crippen LogP contribution >= 0.6 is 34.2 Å². The Balaban J connectivity index is 0.000000496. The smallest absolute Gasteiger partial charge is 0.180 e. The largest absolute Gasteiger partial charge is 0.470 e. The normalized spacial score (nSPS) is 8.82. The van der Waals surface area contributed by atoms with E-state index in [4.69, 9.17) is 8.83 Å². The molecule has 21 heteroatoms. The average Bonchev–Trinajstić information content (AvgIpc) is 4.50. The highest BCUT2D eigenvalue weighted by atomic mass is 32.1. The number of benzene rings is 1. The molecular weight excluding hydrogens is 1210 g/mol. The van der Waals surface area contributed by atoms with Gasteiger partial charge in [0.05, 0.1) is 24.2 Å². The zero-order chi connectivity index (χ0) is 67.5. The molecule has 18 nitrogen and oxygen atoms in total. The van der Waals surface area contributed by atoms with E-state index < -0.39 is 0 Å². The molecule has 14 aromatic rings. The highest BCUT2D eigenvalue weighted by Gasteiger charge is 1.84. The molecule has 0 unspecified atom stereocenters. The van der Waals surface area contributed by atoms with E-state index >= 15 is 0 Å². The third-order valence-electron chi connectivity index (χ3n) is 10.2. The lowest BCUT2D eigenvalue weighted by Crippen LogP contribution is -1.84. The Morgan fingerprint density at radius 3 is 1.27 bits per heavy atom. The van der Waals surface area contributed by atoms with Crippen LogP contribution in [0, 0.1) is 96.9 Å². The minimum absolute atomic E-state index is 0.759. The van der Waals surface area contributed by atoms with Crippen LogP contribution < -0.4 is 0 Å². The summed E-state index contributed by atoms with van der Waals surface area (Å²) in [5.74, 6) is 3.44. The van der Waals surface area contributed by atoms with Gasteiger partial charge in [-0.1, -0.05) is 59.3 Å². The van der Waals surface area contributed by atoms with E-state index in [0.717, 1.165) is 40.1 Å². The number of rotatable bonds is 0. The Morgan fingerprint density at radius 2 is 1.04 bits per heavy atom. The van der Waals surface area contributed by atoms with E-state index in [1.807, 2.05) is 198 Å². The summed E-state index contributed by atoms with van der Waals surface area (Å²) < 4.78 is 20.1. The fourth-order valence-electron chi connectivity index (χ4n) is 5.27. The maximum atomic E-state index is 4.83. The summed E-state index contributed by atoms with van der Waals surface area (Å²) in [6.07, 6.45) is 32.3. The fraction of sp³-hybridized carbons (Fsp3) is 0.211. The molecule has 0 amide bonds. The number of hydrogen-bond donors (Lipinski definition) is 0. The second-order valence-corrected chi connectivity index (χ2v) is 22.1. The molecule has 0 spiro atoms. The lowest BCUT2D eigenvalue weighted by Gasteiger charge is -1.89. The maximum Gasteiger partial charge on any atom is 0.180 e. The summed E-state index contributed by atoms with van der Waals surface area (Å²) in [5.41, 5.74) is 10.1. The first-order valence-corrected chi connectivity index (χ1v) is 31.1. The van der Waals surface area contributed by atoms with Crippen LogP contribution in [0.5, 0.6) is 0 Å². The molecule has 1 aromatic carbocycles. The molecule has 0 saturated heterocycles. The summed E-state index contributed by atoms with van der Waals surface area (Å²) in [6.45, 7) is 27.7.